The fourth-order valence-corrected chi connectivity index (χ4v) is 6.11. The van der Waals surface area contributed by atoms with E-state index in [4.69, 9.17) is 0 Å². The molecule has 2 aromatic carbocycles. The second-order valence-electron chi connectivity index (χ2n) is 9.64. The summed E-state index contributed by atoms with van der Waals surface area (Å²) in [6, 6.07) is 16.2. The van der Waals surface area contributed by atoms with Crippen molar-refractivity contribution in [3.63, 3.8) is 0 Å². The van der Waals surface area contributed by atoms with E-state index < -0.39 is 15.8 Å². The second kappa shape index (κ2) is 12.5. The van der Waals surface area contributed by atoms with E-state index >= 15 is 0 Å². The van der Waals surface area contributed by atoms with Crippen LogP contribution in [0.1, 0.15) is 42.7 Å². The van der Waals surface area contributed by atoms with Gasteiger partial charge in [0.1, 0.15) is 16.5 Å². The van der Waals surface area contributed by atoms with Crippen molar-refractivity contribution in [2.45, 2.75) is 42.9 Å². The maximum absolute atomic E-state index is 13.9. The predicted octanol–water partition coefficient (Wildman–Crippen LogP) is 5.06. The number of aromatic nitrogens is 1. The van der Waals surface area contributed by atoms with E-state index in [1.54, 1.807) is 6.20 Å². The number of hydrogen-bond donors (Lipinski definition) is 2. The molecule has 0 radical (unpaired) electrons. The lowest BCUT2D eigenvalue weighted by Crippen LogP contribution is -2.34. The van der Waals surface area contributed by atoms with Crippen LogP contribution in [-0.2, 0) is 16.4 Å². The van der Waals surface area contributed by atoms with Gasteiger partial charge in [-0.1, -0.05) is 30.3 Å². The fourth-order valence-electron chi connectivity index (χ4n) is 4.92. The molecule has 0 bridgehead atoms. The SMILES string of the molecule is O=S(=O)(NCC1CCC(CNCC(Cc2cccnc2)c2ccc(F)cc2)CC1)c1ccccc1F. The largest absolute Gasteiger partial charge is 0.316 e. The summed E-state index contributed by atoms with van der Waals surface area (Å²) in [5, 5.41) is 3.62. The van der Waals surface area contributed by atoms with Crippen molar-refractivity contribution in [3.05, 3.63) is 95.8 Å². The molecule has 0 amide bonds. The summed E-state index contributed by atoms with van der Waals surface area (Å²) in [6.07, 6.45) is 8.35. The van der Waals surface area contributed by atoms with Gasteiger partial charge >= 0.3 is 0 Å². The first-order valence-corrected chi connectivity index (χ1v) is 14.0. The van der Waals surface area contributed by atoms with Crippen LogP contribution in [0.4, 0.5) is 8.78 Å². The number of rotatable bonds is 11. The molecule has 1 atom stereocenters. The molecule has 2 N–H and O–H groups in total. The zero-order valence-electron chi connectivity index (χ0n) is 20.2. The molecule has 4 rings (SSSR count). The molecule has 0 spiro atoms. The first kappa shape index (κ1) is 26.4. The van der Waals surface area contributed by atoms with Crippen LogP contribution in [-0.4, -0.2) is 33.0 Å². The monoisotopic (exact) mass is 513 g/mol. The van der Waals surface area contributed by atoms with Crippen molar-refractivity contribution in [1.82, 2.24) is 15.0 Å². The van der Waals surface area contributed by atoms with Gasteiger partial charge in [-0.2, -0.15) is 0 Å². The van der Waals surface area contributed by atoms with Crippen LogP contribution < -0.4 is 10.0 Å². The van der Waals surface area contributed by atoms with Gasteiger partial charge in [0.25, 0.3) is 0 Å². The summed E-state index contributed by atoms with van der Waals surface area (Å²) < 4.78 is 54.8. The van der Waals surface area contributed by atoms with Gasteiger partial charge in [-0.3, -0.25) is 4.98 Å². The molecule has 1 aliphatic rings. The number of halogens is 2. The minimum atomic E-state index is -3.85. The number of nitrogens with zero attached hydrogens (tertiary/aromatic N) is 1. The molecule has 0 saturated heterocycles. The number of pyridine rings is 1. The third-order valence-electron chi connectivity index (χ3n) is 7.02. The van der Waals surface area contributed by atoms with Crippen LogP contribution in [0.25, 0.3) is 0 Å². The smallest absolute Gasteiger partial charge is 0.243 e. The van der Waals surface area contributed by atoms with Crippen molar-refractivity contribution < 1.29 is 17.2 Å². The van der Waals surface area contributed by atoms with E-state index in [2.05, 4.69) is 21.1 Å². The second-order valence-corrected chi connectivity index (χ2v) is 11.4. The van der Waals surface area contributed by atoms with E-state index in [1.807, 2.05) is 24.4 Å². The maximum Gasteiger partial charge on any atom is 0.243 e. The first-order chi connectivity index (χ1) is 17.4. The summed E-state index contributed by atoms with van der Waals surface area (Å²) in [5.41, 5.74) is 2.24. The van der Waals surface area contributed by atoms with Crippen LogP contribution in [0.5, 0.6) is 0 Å². The minimum absolute atomic E-state index is 0.207. The van der Waals surface area contributed by atoms with Crippen molar-refractivity contribution in [1.29, 1.82) is 0 Å². The standard InChI is InChI=1S/C28H33F2N3O2S/c29-26-13-11-24(12-14-26)25(16-23-4-3-15-31-18-23)20-32-17-21-7-9-22(10-8-21)19-33-36(34,35)28-6-2-1-5-27(28)30/h1-6,11-15,18,21-22,25,32-33H,7-10,16-17,19-20H2. The summed E-state index contributed by atoms with van der Waals surface area (Å²) in [6.45, 7) is 2.00. The summed E-state index contributed by atoms with van der Waals surface area (Å²) in [7, 11) is -3.85. The molecule has 3 aromatic rings. The summed E-state index contributed by atoms with van der Waals surface area (Å²) >= 11 is 0. The van der Waals surface area contributed by atoms with E-state index in [0.717, 1.165) is 62.4 Å². The topological polar surface area (TPSA) is 71.1 Å². The molecule has 1 aromatic heterocycles. The quantitative estimate of drug-likeness (QED) is 0.376. The highest BCUT2D eigenvalue weighted by Gasteiger charge is 2.24. The lowest BCUT2D eigenvalue weighted by Gasteiger charge is -2.29. The van der Waals surface area contributed by atoms with Gasteiger partial charge in [0.2, 0.25) is 10.0 Å². The molecule has 1 aliphatic carbocycles. The highest BCUT2D eigenvalue weighted by atomic mass is 32.2. The molecule has 36 heavy (non-hydrogen) atoms. The summed E-state index contributed by atoms with van der Waals surface area (Å²) in [4.78, 5) is 3.92. The van der Waals surface area contributed by atoms with Crippen LogP contribution in [0.2, 0.25) is 0 Å². The highest BCUT2D eigenvalue weighted by molar-refractivity contribution is 7.89. The third kappa shape index (κ3) is 7.41. The van der Waals surface area contributed by atoms with Crippen molar-refractivity contribution in [2.75, 3.05) is 19.6 Å². The van der Waals surface area contributed by atoms with Crippen LogP contribution in [0, 0.1) is 23.5 Å². The molecular formula is C28H33F2N3O2S. The van der Waals surface area contributed by atoms with Crippen molar-refractivity contribution in [2.24, 2.45) is 11.8 Å². The summed E-state index contributed by atoms with van der Waals surface area (Å²) in [5.74, 6) is 0.0120. The third-order valence-corrected chi connectivity index (χ3v) is 8.48. The Kier molecular flexibility index (Phi) is 9.18. The van der Waals surface area contributed by atoms with Gasteiger partial charge in [0.05, 0.1) is 0 Å². The van der Waals surface area contributed by atoms with Crippen LogP contribution in [0.3, 0.4) is 0 Å². The van der Waals surface area contributed by atoms with E-state index in [9.17, 15) is 17.2 Å². The zero-order chi connectivity index (χ0) is 25.4. The average molecular weight is 514 g/mol. The normalized spacial score (nSPS) is 19.2. The average Bonchev–Trinajstić information content (AvgIpc) is 2.89. The van der Waals surface area contributed by atoms with Gasteiger partial charge in [-0.15, -0.1) is 0 Å². The van der Waals surface area contributed by atoms with Gasteiger partial charge in [-0.25, -0.2) is 21.9 Å². The van der Waals surface area contributed by atoms with Gasteiger partial charge < -0.3 is 5.32 Å². The molecule has 1 fully saturated rings. The van der Waals surface area contributed by atoms with Gasteiger partial charge in [0.15, 0.2) is 0 Å². The van der Waals surface area contributed by atoms with Crippen molar-refractivity contribution in [3.8, 4) is 0 Å². The number of benzene rings is 2. The van der Waals surface area contributed by atoms with E-state index in [1.165, 1.54) is 30.3 Å². The minimum Gasteiger partial charge on any atom is -0.316 e. The van der Waals surface area contributed by atoms with Crippen LogP contribution >= 0.6 is 0 Å². The molecule has 5 nitrogen and oxygen atoms in total. The zero-order valence-corrected chi connectivity index (χ0v) is 21.1. The fraction of sp³-hybridized carbons (Fsp3) is 0.393. The predicted molar refractivity (Wildman–Crippen MR) is 137 cm³/mol. The molecule has 192 valence electrons. The van der Waals surface area contributed by atoms with E-state index in [-0.39, 0.29) is 22.5 Å². The van der Waals surface area contributed by atoms with Crippen LogP contribution in [0.15, 0.2) is 78.0 Å². The number of sulfonamides is 1. The number of nitrogens with one attached hydrogen (secondary N) is 2. The van der Waals surface area contributed by atoms with Crippen molar-refractivity contribution >= 4 is 10.0 Å². The Hall–Kier alpha value is -2.68. The molecule has 1 unspecified atom stereocenters. The van der Waals surface area contributed by atoms with Gasteiger partial charge in [-0.05, 0) is 91.9 Å². The molecule has 0 aliphatic heterocycles. The molecule has 1 saturated carbocycles. The maximum atomic E-state index is 13.9. The highest BCUT2D eigenvalue weighted by Crippen LogP contribution is 2.29. The first-order valence-electron chi connectivity index (χ1n) is 12.5. The molecule has 8 heteroatoms. The number of hydrogen-bond acceptors (Lipinski definition) is 4. The Morgan fingerprint density at radius 1 is 0.889 bits per heavy atom. The molecule has 1 heterocycles. The Labute approximate surface area is 212 Å². The van der Waals surface area contributed by atoms with Gasteiger partial charge in [0, 0.05) is 31.4 Å². The Bertz CT molecular complexity index is 1200. The Morgan fingerprint density at radius 2 is 1.58 bits per heavy atom. The Morgan fingerprint density at radius 3 is 2.25 bits per heavy atom. The lowest BCUT2D eigenvalue weighted by atomic mass is 9.82. The lowest BCUT2D eigenvalue weighted by molar-refractivity contribution is 0.267. The Balaban J connectivity index is 1.24. The molecular weight excluding hydrogens is 480 g/mol. The van der Waals surface area contributed by atoms with E-state index in [0.29, 0.717) is 12.5 Å².